The van der Waals surface area contributed by atoms with Gasteiger partial charge in [-0.3, -0.25) is 14.3 Å². The molecule has 7 nitrogen and oxygen atoms in total. The van der Waals surface area contributed by atoms with Gasteiger partial charge in [-0.1, -0.05) is 0 Å². The molecule has 0 aliphatic carbocycles. The Morgan fingerprint density at radius 3 is 2.33 bits per heavy atom. The highest BCUT2D eigenvalue weighted by Crippen LogP contribution is 2.14. The summed E-state index contributed by atoms with van der Waals surface area (Å²) in [6.07, 6.45) is 0. The Hall–Kier alpha value is -2.05. The SMILES string of the molecule is CCN(CC)C(=O)C(C)NC(=O)Cn1nc(C)c(N)c1C. The van der Waals surface area contributed by atoms with E-state index < -0.39 is 6.04 Å². The molecule has 3 N–H and O–H groups in total. The van der Waals surface area contributed by atoms with E-state index in [0.717, 1.165) is 5.69 Å². The van der Waals surface area contributed by atoms with Gasteiger partial charge in [0.15, 0.2) is 0 Å². The van der Waals surface area contributed by atoms with Crippen molar-refractivity contribution in [2.24, 2.45) is 0 Å². The molecule has 0 fully saturated rings. The normalized spacial score (nSPS) is 12.0. The first-order valence-electron chi connectivity index (χ1n) is 7.19. The van der Waals surface area contributed by atoms with E-state index in [9.17, 15) is 9.59 Å². The third-order valence-corrected chi connectivity index (χ3v) is 3.55. The number of nitrogen functional groups attached to an aromatic ring is 1. The minimum Gasteiger partial charge on any atom is -0.396 e. The van der Waals surface area contributed by atoms with Crippen molar-refractivity contribution < 1.29 is 9.59 Å². The second kappa shape index (κ2) is 7.10. The number of rotatable bonds is 6. The van der Waals surface area contributed by atoms with Crippen molar-refractivity contribution in [1.29, 1.82) is 0 Å². The lowest BCUT2D eigenvalue weighted by molar-refractivity contribution is -0.135. The molecule has 0 saturated heterocycles. The summed E-state index contributed by atoms with van der Waals surface area (Å²) in [6.45, 7) is 10.4. The number of nitrogens with zero attached hydrogens (tertiary/aromatic N) is 3. The Kier molecular flexibility index (Phi) is 5.75. The Morgan fingerprint density at radius 1 is 1.33 bits per heavy atom. The van der Waals surface area contributed by atoms with Gasteiger partial charge in [0.05, 0.1) is 17.1 Å². The van der Waals surface area contributed by atoms with E-state index >= 15 is 0 Å². The molecule has 1 aromatic heterocycles. The van der Waals surface area contributed by atoms with E-state index in [1.54, 1.807) is 23.4 Å². The van der Waals surface area contributed by atoms with Crippen molar-refractivity contribution in [3.8, 4) is 0 Å². The van der Waals surface area contributed by atoms with Crippen LogP contribution in [-0.4, -0.2) is 45.6 Å². The molecule has 0 saturated carbocycles. The van der Waals surface area contributed by atoms with E-state index in [1.165, 1.54) is 0 Å². The predicted molar refractivity (Wildman–Crippen MR) is 81.6 cm³/mol. The van der Waals surface area contributed by atoms with Crippen LogP contribution in [0, 0.1) is 13.8 Å². The number of anilines is 1. The number of amides is 2. The number of carbonyl (C=O) groups excluding carboxylic acids is 2. The number of carbonyl (C=O) groups is 2. The molecule has 1 rings (SSSR count). The summed E-state index contributed by atoms with van der Waals surface area (Å²) in [5.41, 5.74) is 7.88. The van der Waals surface area contributed by atoms with Crippen molar-refractivity contribution in [2.75, 3.05) is 18.8 Å². The van der Waals surface area contributed by atoms with Crippen LogP contribution in [0.5, 0.6) is 0 Å². The summed E-state index contributed by atoms with van der Waals surface area (Å²) in [6, 6.07) is -0.549. The van der Waals surface area contributed by atoms with Crippen molar-refractivity contribution in [3.63, 3.8) is 0 Å². The van der Waals surface area contributed by atoms with Gasteiger partial charge in [0.2, 0.25) is 11.8 Å². The Balaban J connectivity index is 2.65. The molecule has 0 aromatic carbocycles. The third-order valence-electron chi connectivity index (χ3n) is 3.55. The average molecular weight is 295 g/mol. The minimum atomic E-state index is -0.549. The molecule has 0 bridgehead atoms. The van der Waals surface area contributed by atoms with Gasteiger partial charge in [-0.15, -0.1) is 0 Å². The fraction of sp³-hybridized carbons (Fsp3) is 0.643. The zero-order valence-electron chi connectivity index (χ0n) is 13.4. The van der Waals surface area contributed by atoms with Crippen LogP contribution in [0.2, 0.25) is 0 Å². The van der Waals surface area contributed by atoms with Gasteiger partial charge < -0.3 is 16.0 Å². The summed E-state index contributed by atoms with van der Waals surface area (Å²) in [5, 5.41) is 6.91. The van der Waals surface area contributed by atoms with E-state index in [1.807, 2.05) is 20.8 Å². The smallest absolute Gasteiger partial charge is 0.244 e. The second-order valence-electron chi connectivity index (χ2n) is 5.04. The predicted octanol–water partition coefficient (Wildman–Crippen LogP) is 0.455. The molecule has 0 spiro atoms. The average Bonchev–Trinajstić information content (AvgIpc) is 2.67. The maximum absolute atomic E-state index is 12.1. The minimum absolute atomic E-state index is 0.0553. The van der Waals surface area contributed by atoms with Crippen LogP contribution < -0.4 is 11.1 Å². The van der Waals surface area contributed by atoms with Gasteiger partial charge in [-0.05, 0) is 34.6 Å². The first-order valence-corrected chi connectivity index (χ1v) is 7.19. The highest BCUT2D eigenvalue weighted by Gasteiger charge is 2.20. The summed E-state index contributed by atoms with van der Waals surface area (Å²) < 4.78 is 1.55. The van der Waals surface area contributed by atoms with E-state index in [-0.39, 0.29) is 18.4 Å². The highest BCUT2D eigenvalue weighted by molar-refractivity contribution is 5.87. The lowest BCUT2D eigenvalue weighted by Gasteiger charge is -2.23. The van der Waals surface area contributed by atoms with E-state index in [4.69, 9.17) is 5.73 Å². The van der Waals surface area contributed by atoms with E-state index in [0.29, 0.717) is 24.5 Å². The topological polar surface area (TPSA) is 93.2 Å². The van der Waals surface area contributed by atoms with Crippen LogP contribution in [0.15, 0.2) is 0 Å². The maximum atomic E-state index is 12.1. The van der Waals surface area contributed by atoms with Crippen molar-refractivity contribution in [2.45, 2.75) is 47.2 Å². The van der Waals surface area contributed by atoms with Gasteiger partial charge in [0, 0.05) is 13.1 Å². The first kappa shape index (κ1) is 17.0. The van der Waals surface area contributed by atoms with E-state index in [2.05, 4.69) is 10.4 Å². The fourth-order valence-electron chi connectivity index (χ4n) is 2.16. The van der Waals surface area contributed by atoms with Crippen LogP contribution in [0.25, 0.3) is 0 Å². The van der Waals surface area contributed by atoms with Crippen LogP contribution in [0.1, 0.15) is 32.2 Å². The molecule has 1 aromatic rings. The largest absolute Gasteiger partial charge is 0.396 e. The van der Waals surface area contributed by atoms with Gasteiger partial charge >= 0.3 is 0 Å². The van der Waals surface area contributed by atoms with Gasteiger partial charge in [0.1, 0.15) is 12.6 Å². The summed E-state index contributed by atoms with van der Waals surface area (Å²) >= 11 is 0. The number of aryl methyl sites for hydroxylation is 1. The standard InChI is InChI=1S/C14H25N5O2/c1-6-18(7-2)14(21)10(4)16-12(20)8-19-11(5)13(15)9(3)17-19/h10H,6-8,15H2,1-5H3,(H,16,20). The second-order valence-corrected chi connectivity index (χ2v) is 5.04. The molecule has 118 valence electrons. The quantitative estimate of drug-likeness (QED) is 0.797. The van der Waals surface area contributed by atoms with Crippen LogP contribution in [-0.2, 0) is 16.1 Å². The molecule has 0 aliphatic rings. The number of likely N-dealkylation sites (N-methyl/N-ethyl adjacent to an activating group) is 1. The number of aromatic nitrogens is 2. The third kappa shape index (κ3) is 3.96. The molecular formula is C14H25N5O2. The molecule has 7 heteroatoms. The Morgan fingerprint density at radius 2 is 1.90 bits per heavy atom. The van der Waals surface area contributed by atoms with Crippen LogP contribution in [0.4, 0.5) is 5.69 Å². The van der Waals surface area contributed by atoms with Gasteiger partial charge in [-0.25, -0.2) is 0 Å². The zero-order valence-corrected chi connectivity index (χ0v) is 13.4. The number of nitrogens with two attached hydrogens (primary N) is 1. The first-order chi connectivity index (χ1) is 9.81. The molecule has 2 amide bonds. The molecule has 1 unspecified atom stereocenters. The maximum Gasteiger partial charge on any atom is 0.244 e. The molecule has 1 atom stereocenters. The van der Waals surface area contributed by atoms with Crippen LogP contribution >= 0.6 is 0 Å². The van der Waals surface area contributed by atoms with Crippen molar-refractivity contribution >= 4 is 17.5 Å². The number of nitrogens with one attached hydrogen (secondary N) is 1. The number of hydrogen-bond donors (Lipinski definition) is 2. The molecule has 21 heavy (non-hydrogen) atoms. The molecule has 1 heterocycles. The molecule has 0 radical (unpaired) electrons. The fourth-order valence-corrected chi connectivity index (χ4v) is 2.16. The summed E-state index contributed by atoms with van der Waals surface area (Å²) in [4.78, 5) is 25.8. The summed E-state index contributed by atoms with van der Waals surface area (Å²) in [7, 11) is 0. The van der Waals surface area contributed by atoms with Gasteiger partial charge in [-0.2, -0.15) is 5.10 Å². The molecule has 0 aliphatic heterocycles. The van der Waals surface area contributed by atoms with Gasteiger partial charge in [0.25, 0.3) is 0 Å². The Labute approximate surface area is 125 Å². The highest BCUT2D eigenvalue weighted by atomic mass is 16.2. The van der Waals surface area contributed by atoms with Crippen molar-refractivity contribution in [1.82, 2.24) is 20.0 Å². The van der Waals surface area contributed by atoms with Crippen molar-refractivity contribution in [3.05, 3.63) is 11.4 Å². The summed E-state index contributed by atoms with van der Waals surface area (Å²) in [5.74, 6) is -0.338. The monoisotopic (exact) mass is 295 g/mol. The number of hydrogen-bond acceptors (Lipinski definition) is 4. The zero-order chi connectivity index (χ0) is 16.2. The van der Waals surface area contributed by atoms with Crippen LogP contribution in [0.3, 0.4) is 0 Å². The molecular weight excluding hydrogens is 270 g/mol. The lowest BCUT2D eigenvalue weighted by Crippen LogP contribution is -2.47. The lowest BCUT2D eigenvalue weighted by atomic mass is 10.2. The Bertz CT molecular complexity index is 520.